The molecule has 160 valence electrons. The summed E-state index contributed by atoms with van der Waals surface area (Å²) in [4.78, 5) is 4.67. The lowest BCUT2D eigenvalue weighted by Gasteiger charge is -2.18. The number of sulfone groups is 1. The lowest BCUT2D eigenvalue weighted by molar-refractivity contribution is 0.314. The van der Waals surface area contributed by atoms with Crippen LogP contribution in [0.4, 0.5) is 0 Å². The molecular weight excluding hydrogens is 489 g/mol. The molecule has 0 bridgehead atoms. The van der Waals surface area contributed by atoms with Crippen molar-refractivity contribution in [1.82, 2.24) is 10.6 Å². The maximum absolute atomic E-state index is 11.6. The zero-order chi connectivity index (χ0) is 19.9. The van der Waals surface area contributed by atoms with Crippen LogP contribution < -0.4 is 15.4 Å². The van der Waals surface area contributed by atoms with Crippen LogP contribution in [0.25, 0.3) is 0 Å². The van der Waals surface area contributed by atoms with Gasteiger partial charge in [0.2, 0.25) is 0 Å². The number of halogens is 1. The molecular formula is C20H34IN3O3S. The molecule has 0 saturated heterocycles. The van der Waals surface area contributed by atoms with Gasteiger partial charge in [0.15, 0.2) is 5.96 Å². The zero-order valence-electron chi connectivity index (χ0n) is 17.4. The van der Waals surface area contributed by atoms with Crippen LogP contribution >= 0.6 is 24.0 Å². The largest absolute Gasteiger partial charge is 0.493 e. The highest BCUT2D eigenvalue weighted by molar-refractivity contribution is 14.0. The van der Waals surface area contributed by atoms with E-state index in [-0.39, 0.29) is 35.1 Å². The third-order valence-electron chi connectivity index (χ3n) is 4.59. The van der Waals surface area contributed by atoms with Crippen LogP contribution in [0.1, 0.15) is 44.2 Å². The molecule has 1 aliphatic rings. The molecule has 0 aliphatic heterocycles. The molecule has 28 heavy (non-hydrogen) atoms. The Labute approximate surface area is 186 Å². The van der Waals surface area contributed by atoms with E-state index in [2.05, 4.69) is 34.7 Å². The molecule has 0 radical (unpaired) electrons. The number of rotatable bonds is 10. The maximum Gasteiger partial charge on any atom is 0.191 e. The molecule has 0 amide bonds. The first kappa shape index (κ1) is 25.0. The summed E-state index contributed by atoms with van der Waals surface area (Å²) in [5, 5.41) is 6.56. The van der Waals surface area contributed by atoms with E-state index in [1.807, 2.05) is 19.9 Å². The van der Waals surface area contributed by atoms with Crippen LogP contribution in [0.2, 0.25) is 0 Å². The monoisotopic (exact) mass is 523 g/mol. The first-order chi connectivity index (χ1) is 12.8. The number of guanidine groups is 1. The number of benzene rings is 1. The van der Waals surface area contributed by atoms with Gasteiger partial charge in [-0.15, -0.1) is 24.0 Å². The molecule has 2 rings (SSSR count). The maximum atomic E-state index is 11.6. The molecule has 1 saturated carbocycles. The van der Waals surface area contributed by atoms with Gasteiger partial charge in [-0.25, -0.2) is 13.4 Å². The fourth-order valence-corrected chi connectivity index (χ4v) is 4.52. The van der Waals surface area contributed by atoms with Crippen LogP contribution in [0.5, 0.6) is 5.75 Å². The molecule has 1 aromatic rings. The molecule has 6 nitrogen and oxygen atoms in total. The second-order valence-corrected chi connectivity index (χ2v) is 9.72. The van der Waals surface area contributed by atoms with Gasteiger partial charge in [-0.3, -0.25) is 0 Å². The second kappa shape index (κ2) is 11.2. The normalized spacial score (nSPS) is 15.5. The topological polar surface area (TPSA) is 79.8 Å². The highest BCUT2D eigenvalue weighted by Gasteiger charge is 2.45. The third kappa shape index (κ3) is 8.55. The molecule has 1 aromatic carbocycles. The minimum absolute atomic E-state index is 0. The van der Waals surface area contributed by atoms with E-state index in [9.17, 15) is 8.42 Å². The molecule has 0 spiro atoms. The van der Waals surface area contributed by atoms with E-state index in [0.717, 1.165) is 42.7 Å². The molecule has 0 atom stereocenters. The lowest BCUT2D eigenvalue weighted by atomic mass is 10.1. The Kier molecular flexibility index (Phi) is 10.0. The predicted octanol–water partition coefficient (Wildman–Crippen LogP) is 3.28. The second-order valence-electron chi connectivity index (χ2n) is 7.58. The fourth-order valence-electron chi connectivity index (χ4n) is 3.02. The number of nitrogens with zero attached hydrogens (tertiary/aromatic N) is 1. The van der Waals surface area contributed by atoms with Crippen LogP contribution in [-0.4, -0.2) is 46.1 Å². The number of aliphatic imine (C=N–C) groups is 1. The summed E-state index contributed by atoms with van der Waals surface area (Å²) < 4.78 is 29.1. The smallest absolute Gasteiger partial charge is 0.191 e. The van der Waals surface area contributed by atoms with Crippen molar-refractivity contribution in [1.29, 1.82) is 0 Å². The van der Waals surface area contributed by atoms with Gasteiger partial charge in [-0.2, -0.15) is 0 Å². The van der Waals surface area contributed by atoms with Crippen molar-refractivity contribution in [3.05, 3.63) is 29.3 Å². The van der Waals surface area contributed by atoms with Crippen molar-refractivity contribution in [2.24, 2.45) is 10.4 Å². The van der Waals surface area contributed by atoms with Crippen LogP contribution in [-0.2, 0) is 16.4 Å². The summed E-state index contributed by atoms with van der Waals surface area (Å²) in [5.74, 6) is 1.82. The molecule has 2 N–H and O–H groups in total. The van der Waals surface area contributed by atoms with Crippen molar-refractivity contribution in [3.8, 4) is 5.75 Å². The highest BCUT2D eigenvalue weighted by atomic mass is 127. The van der Waals surface area contributed by atoms with E-state index >= 15 is 0 Å². The van der Waals surface area contributed by atoms with Crippen LogP contribution in [0.15, 0.2) is 23.2 Å². The summed E-state index contributed by atoms with van der Waals surface area (Å²) in [7, 11) is -2.97. The zero-order valence-corrected chi connectivity index (χ0v) is 20.5. The Hall–Kier alpha value is -1.03. The van der Waals surface area contributed by atoms with Crippen molar-refractivity contribution < 1.29 is 13.2 Å². The summed E-state index contributed by atoms with van der Waals surface area (Å²) in [6, 6.07) is 6.17. The van der Waals surface area contributed by atoms with Gasteiger partial charge in [0.25, 0.3) is 0 Å². The van der Waals surface area contributed by atoms with Gasteiger partial charge >= 0.3 is 0 Å². The van der Waals surface area contributed by atoms with Crippen molar-refractivity contribution in [2.45, 2.75) is 46.6 Å². The quantitative estimate of drug-likeness (QED) is 0.280. The van der Waals surface area contributed by atoms with E-state index in [0.29, 0.717) is 25.7 Å². The Morgan fingerprint density at radius 2 is 1.96 bits per heavy atom. The fraction of sp³-hybridized carbons (Fsp3) is 0.650. The van der Waals surface area contributed by atoms with Crippen molar-refractivity contribution >= 4 is 39.8 Å². The number of hydrogen-bond donors (Lipinski definition) is 2. The van der Waals surface area contributed by atoms with E-state index in [4.69, 9.17) is 4.74 Å². The van der Waals surface area contributed by atoms with Crippen LogP contribution in [0.3, 0.4) is 0 Å². The van der Waals surface area contributed by atoms with Gasteiger partial charge in [0.1, 0.15) is 15.6 Å². The Balaban J connectivity index is 0.00000392. The summed E-state index contributed by atoms with van der Waals surface area (Å²) in [5.41, 5.74) is 2.07. The minimum atomic E-state index is -2.97. The molecule has 1 fully saturated rings. The molecule has 8 heteroatoms. The van der Waals surface area contributed by atoms with Gasteiger partial charge < -0.3 is 15.4 Å². The van der Waals surface area contributed by atoms with E-state index in [1.54, 1.807) is 0 Å². The van der Waals surface area contributed by atoms with Gasteiger partial charge in [0, 0.05) is 30.3 Å². The average Bonchev–Trinajstić information content (AvgIpc) is 3.34. The number of nitrogens with one attached hydrogen (secondary N) is 2. The molecule has 1 aliphatic carbocycles. The summed E-state index contributed by atoms with van der Waals surface area (Å²) in [6.07, 6.45) is 4.16. The SMILES string of the molecule is CCCOc1cc(C)ccc1CN=C(NCC)NCC1(CS(C)(=O)=O)CC1.I. The van der Waals surface area contributed by atoms with Crippen molar-refractivity contribution in [2.75, 3.05) is 31.7 Å². The summed E-state index contributed by atoms with van der Waals surface area (Å²) >= 11 is 0. The van der Waals surface area contributed by atoms with Gasteiger partial charge in [-0.05, 0) is 44.7 Å². The predicted molar refractivity (Wildman–Crippen MR) is 127 cm³/mol. The Bertz CT molecular complexity index is 762. The van der Waals surface area contributed by atoms with Crippen molar-refractivity contribution in [3.63, 3.8) is 0 Å². The minimum Gasteiger partial charge on any atom is -0.493 e. The lowest BCUT2D eigenvalue weighted by Crippen LogP contribution is -2.41. The summed E-state index contributed by atoms with van der Waals surface area (Å²) in [6.45, 7) is 8.72. The van der Waals surface area contributed by atoms with Gasteiger partial charge in [0.05, 0.1) is 18.9 Å². The van der Waals surface area contributed by atoms with E-state index < -0.39 is 9.84 Å². The average molecular weight is 523 g/mol. The molecule has 0 unspecified atom stereocenters. The standard InChI is InChI=1S/C20H33N3O3S.HI/c1-5-11-26-18-12-16(3)7-8-17(18)13-22-19(21-6-2)23-14-20(9-10-20)15-27(4,24)25;/h7-8,12H,5-6,9-11,13-15H2,1-4H3,(H2,21,22,23);1H. The first-order valence-corrected chi connectivity index (χ1v) is 11.8. The van der Waals surface area contributed by atoms with Gasteiger partial charge in [-0.1, -0.05) is 19.1 Å². The first-order valence-electron chi connectivity index (χ1n) is 9.69. The van der Waals surface area contributed by atoms with Crippen LogP contribution in [0, 0.1) is 12.3 Å². The highest BCUT2D eigenvalue weighted by Crippen LogP contribution is 2.46. The molecule has 0 heterocycles. The number of ether oxygens (including phenoxy) is 1. The number of hydrogen-bond acceptors (Lipinski definition) is 4. The Morgan fingerprint density at radius 3 is 2.54 bits per heavy atom. The van der Waals surface area contributed by atoms with E-state index in [1.165, 1.54) is 6.26 Å². The third-order valence-corrected chi connectivity index (χ3v) is 5.73. The Morgan fingerprint density at radius 1 is 1.25 bits per heavy atom. The molecule has 0 aromatic heterocycles. The number of aryl methyl sites for hydroxylation is 1.